The second-order valence-electron chi connectivity index (χ2n) is 3.11. The summed E-state index contributed by atoms with van der Waals surface area (Å²) in [4.78, 5) is 15.0. The monoisotopic (exact) mass is 246 g/mol. The van der Waals surface area contributed by atoms with Crippen molar-refractivity contribution >= 4 is 5.97 Å². The standard InChI is InChI=1S/C10H12F2N2O3/c1-2-17-10(16)8-5(3-13)7(9(11)12)6(15)4-14-8/h4,9,15H,2-3,13H2,1H3. The minimum Gasteiger partial charge on any atom is -0.506 e. The first-order valence-electron chi connectivity index (χ1n) is 4.89. The maximum atomic E-state index is 12.7. The van der Waals surface area contributed by atoms with Gasteiger partial charge in [0.05, 0.1) is 18.4 Å². The molecule has 0 amide bonds. The van der Waals surface area contributed by atoms with Gasteiger partial charge in [0.2, 0.25) is 0 Å². The van der Waals surface area contributed by atoms with Crippen LogP contribution in [0, 0.1) is 0 Å². The number of nitrogens with two attached hydrogens (primary N) is 1. The van der Waals surface area contributed by atoms with Crippen LogP contribution in [0.3, 0.4) is 0 Å². The number of carbonyl (C=O) groups is 1. The highest BCUT2D eigenvalue weighted by atomic mass is 19.3. The lowest BCUT2D eigenvalue weighted by Gasteiger charge is -2.12. The van der Waals surface area contributed by atoms with E-state index in [2.05, 4.69) is 9.72 Å². The molecule has 0 atom stereocenters. The van der Waals surface area contributed by atoms with Gasteiger partial charge in [-0.1, -0.05) is 0 Å². The molecule has 3 N–H and O–H groups in total. The van der Waals surface area contributed by atoms with E-state index in [0.717, 1.165) is 6.20 Å². The van der Waals surface area contributed by atoms with Crippen LogP contribution in [0.25, 0.3) is 0 Å². The van der Waals surface area contributed by atoms with Crippen molar-refractivity contribution in [3.05, 3.63) is 23.0 Å². The number of halogens is 2. The fourth-order valence-corrected chi connectivity index (χ4v) is 1.38. The van der Waals surface area contributed by atoms with Crippen LogP contribution in [0.4, 0.5) is 8.78 Å². The molecule has 94 valence electrons. The Kier molecular flexibility index (Phi) is 4.33. The van der Waals surface area contributed by atoms with Gasteiger partial charge in [-0.2, -0.15) is 0 Å². The Labute approximate surface area is 96.2 Å². The Morgan fingerprint density at radius 3 is 2.76 bits per heavy atom. The molecule has 0 aliphatic rings. The van der Waals surface area contributed by atoms with Gasteiger partial charge < -0.3 is 15.6 Å². The van der Waals surface area contributed by atoms with Crippen molar-refractivity contribution in [1.29, 1.82) is 0 Å². The summed E-state index contributed by atoms with van der Waals surface area (Å²) in [5.41, 5.74) is 4.14. The van der Waals surface area contributed by atoms with E-state index in [1.807, 2.05) is 0 Å². The Hall–Kier alpha value is -1.76. The molecule has 0 saturated heterocycles. The number of esters is 1. The van der Waals surface area contributed by atoms with E-state index in [1.165, 1.54) is 0 Å². The number of rotatable bonds is 4. The number of aromatic nitrogens is 1. The molecular formula is C10H12F2N2O3. The number of alkyl halides is 2. The lowest BCUT2D eigenvalue weighted by atomic mass is 10.1. The molecule has 1 rings (SSSR count). The van der Waals surface area contributed by atoms with Gasteiger partial charge in [0.25, 0.3) is 6.43 Å². The molecule has 0 spiro atoms. The predicted molar refractivity (Wildman–Crippen MR) is 54.7 cm³/mol. The zero-order valence-corrected chi connectivity index (χ0v) is 9.11. The highest BCUT2D eigenvalue weighted by molar-refractivity contribution is 5.89. The Morgan fingerprint density at radius 2 is 2.29 bits per heavy atom. The van der Waals surface area contributed by atoms with E-state index in [4.69, 9.17) is 5.73 Å². The largest absolute Gasteiger partial charge is 0.506 e. The molecule has 0 radical (unpaired) electrons. The van der Waals surface area contributed by atoms with Gasteiger partial charge >= 0.3 is 5.97 Å². The number of nitrogens with zero attached hydrogens (tertiary/aromatic N) is 1. The number of pyridine rings is 1. The van der Waals surface area contributed by atoms with Crippen LogP contribution in [0.5, 0.6) is 5.75 Å². The zero-order valence-electron chi connectivity index (χ0n) is 9.11. The van der Waals surface area contributed by atoms with Gasteiger partial charge in [-0.15, -0.1) is 0 Å². The molecule has 0 saturated carbocycles. The molecule has 5 nitrogen and oxygen atoms in total. The van der Waals surface area contributed by atoms with Gasteiger partial charge in [-0.05, 0) is 6.92 Å². The molecule has 1 aromatic rings. The number of aromatic hydroxyl groups is 1. The molecular weight excluding hydrogens is 234 g/mol. The molecule has 0 aliphatic carbocycles. The van der Waals surface area contributed by atoms with Crippen molar-refractivity contribution in [3.8, 4) is 5.75 Å². The van der Waals surface area contributed by atoms with E-state index in [9.17, 15) is 18.7 Å². The van der Waals surface area contributed by atoms with Crippen LogP contribution in [-0.4, -0.2) is 22.7 Å². The van der Waals surface area contributed by atoms with Crippen molar-refractivity contribution in [2.75, 3.05) is 6.61 Å². The molecule has 0 fully saturated rings. The molecule has 0 aromatic carbocycles. The molecule has 0 unspecified atom stereocenters. The SMILES string of the molecule is CCOC(=O)c1ncc(O)c(C(F)F)c1CN. The highest BCUT2D eigenvalue weighted by Gasteiger charge is 2.24. The number of ether oxygens (including phenoxy) is 1. The Balaban J connectivity index is 3.32. The summed E-state index contributed by atoms with van der Waals surface area (Å²) in [6.07, 6.45) is -2.16. The van der Waals surface area contributed by atoms with Crippen LogP contribution in [0.1, 0.15) is 35.0 Å². The normalized spacial score (nSPS) is 10.6. The van der Waals surface area contributed by atoms with E-state index in [0.29, 0.717) is 0 Å². The molecule has 17 heavy (non-hydrogen) atoms. The highest BCUT2D eigenvalue weighted by Crippen LogP contribution is 2.32. The minimum absolute atomic E-state index is 0.0927. The average Bonchev–Trinajstić information content (AvgIpc) is 2.27. The fraction of sp³-hybridized carbons (Fsp3) is 0.400. The van der Waals surface area contributed by atoms with E-state index in [1.54, 1.807) is 6.92 Å². The lowest BCUT2D eigenvalue weighted by molar-refractivity contribution is 0.0517. The summed E-state index contributed by atoms with van der Waals surface area (Å²) in [6.45, 7) is 1.33. The van der Waals surface area contributed by atoms with E-state index < -0.39 is 23.7 Å². The van der Waals surface area contributed by atoms with Gasteiger partial charge in [0, 0.05) is 12.1 Å². The predicted octanol–water partition coefficient (Wildman–Crippen LogP) is 1.36. The third-order valence-electron chi connectivity index (χ3n) is 2.09. The smallest absolute Gasteiger partial charge is 0.357 e. The van der Waals surface area contributed by atoms with Crippen molar-refractivity contribution in [3.63, 3.8) is 0 Å². The summed E-state index contributed by atoms with van der Waals surface area (Å²) in [6, 6.07) is 0. The van der Waals surface area contributed by atoms with Crippen LogP contribution >= 0.6 is 0 Å². The van der Waals surface area contributed by atoms with Gasteiger partial charge in [0.1, 0.15) is 5.75 Å². The van der Waals surface area contributed by atoms with Crippen LogP contribution in [-0.2, 0) is 11.3 Å². The first-order valence-corrected chi connectivity index (χ1v) is 4.89. The summed E-state index contributed by atoms with van der Waals surface area (Å²) >= 11 is 0. The number of carbonyl (C=O) groups excluding carboxylic acids is 1. The second kappa shape index (κ2) is 5.53. The molecule has 7 heteroatoms. The maximum absolute atomic E-state index is 12.7. The third-order valence-corrected chi connectivity index (χ3v) is 2.09. The molecule has 1 aromatic heterocycles. The first-order chi connectivity index (χ1) is 8.02. The Morgan fingerprint density at radius 1 is 1.65 bits per heavy atom. The fourth-order valence-electron chi connectivity index (χ4n) is 1.38. The Bertz CT molecular complexity index is 424. The third kappa shape index (κ3) is 2.68. The summed E-state index contributed by atoms with van der Waals surface area (Å²) < 4.78 is 30.1. The molecule has 1 heterocycles. The minimum atomic E-state index is -2.94. The van der Waals surface area contributed by atoms with Crippen molar-refractivity contribution < 1.29 is 23.4 Å². The van der Waals surface area contributed by atoms with Crippen LogP contribution in [0.2, 0.25) is 0 Å². The van der Waals surface area contributed by atoms with E-state index in [-0.39, 0.29) is 24.4 Å². The first kappa shape index (κ1) is 13.3. The van der Waals surface area contributed by atoms with Crippen molar-refractivity contribution in [2.45, 2.75) is 19.9 Å². The quantitative estimate of drug-likeness (QED) is 0.783. The van der Waals surface area contributed by atoms with Gasteiger partial charge in [0.15, 0.2) is 5.69 Å². The average molecular weight is 246 g/mol. The summed E-state index contributed by atoms with van der Waals surface area (Å²) in [5.74, 6) is -1.52. The topological polar surface area (TPSA) is 85.4 Å². The van der Waals surface area contributed by atoms with Crippen molar-refractivity contribution in [2.24, 2.45) is 5.73 Å². The molecule has 0 bridgehead atoms. The summed E-state index contributed by atoms with van der Waals surface area (Å²) in [7, 11) is 0. The maximum Gasteiger partial charge on any atom is 0.357 e. The number of hydrogen-bond donors (Lipinski definition) is 2. The van der Waals surface area contributed by atoms with Crippen LogP contribution in [0.15, 0.2) is 6.20 Å². The summed E-state index contributed by atoms with van der Waals surface area (Å²) in [5, 5.41) is 9.28. The zero-order chi connectivity index (χ0) is 13.0. The van der Waals surface area contributed by atoms with Gasteiger partial charge in [-0.25, -0.2) is 18.6 Å². The van der Waals surface area contributed by atoms with Crippen molar-refractivity contribution in [1.82, 2.24) is 4.98 Å². The van der Waals surface area contributed by atoms with Gasteiger partial charge in [-0.3, -0.25) is 0 Å². The molecule has 0 aliphatic heterocycles. The number of hydrogen-bond acceptors (Lipinski definition) is 5. The van der Waals surface area contributed by atoms with E-state index >= 15 is 0 Å². The lowest BCUT2D eigenvalue weighted by Crippen LogP contribution is -2.15. The van der Waals surface area contributed by atoms with Crippen LogP contribution < -0.4 is 5.73 Å². The second-order valence-corrected chi connectivity index (χ2v) is 3.11.